The third-order valence-corrected chi connectivity index (χ3v) is 5.58. The van der Waals surface area contributed by atoms with Gasteiger partial charge in [0, 0.05) is 11.7 Å². The van der Waals surface area contributed by atoms with E-state index in [9.17, 15) is 0 Å². The average Bonchev–Trinajstić information content (AvgIpc) is 2.43. The summed E-state index contributed by atoms with van der Waals surface area (Å²) in [7, 11) is 0. The summed E-state index contributed by atoms with van der Waals surface area (Å²) in [5.74, 6) is 4.42. The number of nitrogens with zero attached hydrogens (tertiary/aromatic N) is 1. The van der Waals surface area contributed by atoms with Gasteiger partial charge in [0.25, 0.3) is 0 Å². The van der Waals surface area contributed by atoms with Crippen LogP contribution in [0.25, 0.3) is 0 Å². The van der Waals surface area contributed by atoms with Crippen LogP contribution in [-0.4, -0.2) is 12.6 Å². The number of para-hydroxylation sites is 1. The van der Waals surface area contributed by atoms with E-state index < -0.39 is 0 Å². The van der Waals surface area contributed by atoms with Crippen molar-refractivity contribution in [3.05, 3.63) is 29.8 Å². The number of benzene rings is 1. The lowest BCUT2D eigenvalue weighted by Crippen LogP contribution is -2.55. The number of hydrogen-bond donors (Lipinski definition) is 0. The van der Waals surface area contributed by atoms with Crippen molar-refractivity contribution in [3.8, 4) is 12.3 Å². The van der Waals surface area contributed by atoms with Crippen molar-refractivity contribution >= 4 is 5.69 Å². The van der Waals surface area contributed by atoms with Crippen LogP contribution < -0.4 is 4.90 Å². The molecule has 1 aliphatic carbocycles. The van der Waals surface area contributed by atoms with E-state index in [1.165, 1.54) is 30.5 Å². The quantitative estimate of drug-likeness (QED) is 0.689. The number of rotatable bonds is 1. The molecule has 0 unspecified atom stereocenters. The molecule has 20 heavy (non-hydrogen) atoms. The van der Waals surface area contributed by atoms with E-state index in [1.54, 1.807) is 0 Å². The normalized spacial score (nSPS) is 31.1. The first kappa shape index (κ1) is 13.6. The second-order valence-corrected chi connectivity index (χ2v) is 7.16. The van der Waals surface area contributed by atoms with Gasteiger partial charge in [-0.25, -0.2) is 0 Å². The molecule has 1 aliphatic heterocycles. The maximum absolute atomic E-state index is 5.65. The van der Waals surface area contributed by atoms with E-state index in [0.29, 0.717) is 6.04 Å². The first-order valence-corrected chi connectivity index (χ1v) is 7.85. The molecular weight excluding hydrogens is 242 g/mol. The van der Waals surface area contributed by atoms with Crippen molar-refractivity contribution in [1.82, 2.24) is 0 Å². The SMILES string of the molecule is C#CCN1c2ccccc2C(C)(C)[C@@H]2CC[C@@H](C)C[C@@H]21. The van der Waals surface area contributed by atoms with Gasteiger partial charge >= 0.3 is 0 Å². The van der Waals surface area contributed by atoms with Crippen molar-refractivity contribution in [1.29, 1.82) is 0 Å². The summed E-state index contributed by atoms with van der Waals surface area (Å²) in [5, 5.41) is 0. The average molecular weight is 267 g/mol. The Hall–Kier alpha value is -1.42. The van der Waals surface area contributed by atoms with Crippen LogP contribution in [0.5, 0.6) is 0 Å². The molecule has 3 atom stereocenters. The fraction of sp³-hybridized carbons (Fsp3) is 0.579. The summed E-state index contributed by atoms with van der Waals surface area (Å²) in [4.78, 5) is 2.50. The molecular formula is C19H25N. The molecule has 2 aliphatic rings. The molecule has 0 bridgehead atoms. The number of fused-ring (bicyclic) bond motifs is 2. The largest absolute Gasteiger partial charge is 0.357 e. The first-order valence-electron chi connectivity index (χ1n) is 7.85. The van der Waals surface area contributed by atoms with Gasteiger partial charge in [-0.15, -0.1) is 6.42 Å². The Morgan fingerprint density at radius 3 is 2.80 bits per heavy atom. The summed E-state index contributed by atoms with van der Waals surface area (Å²) < 4.78 is 0. The maximum atomic E-state index is 5.65. The summed E-state index contributed by atoms with van der Waals surface area (Å²) in [6.07, 6.45) is 9.62. The van der Waals surface area contributed by atoms with Gasteiger partial charge in [0.1, 0.15) is 0 Å². The lowest BCUT2D eigenvalue weighted by Gasteiger charge is -2.54. The zero-order chi connectivity index (χ0) is 14.3. The Morgan fingerprint density at radius 2 is 2.05 bits per heavy atom. The van der Waals surface area contributed by atoms with Gasteiger partial charge < -0.3 is 4.90 Å². The molecule has 1 heterocycles. The van der Waals surface area contributed by atoms with Crippen LogP contribution in [-0.2, 0) is 5.41 Å². The minimum Gasteiger partial charge on any atom is -0.357 e. The van der Waals surface area contributed by atoms with Crippen LogP contribution in [0.1, 0.15) is 45.6 Å². The predicted molar refractivity (Wildman–Crippen MR) is 85.9 cm³/mol. The van der Waals surface area contributed by atoms with Gasteiger partial charge in [0.05, 0.1) is 6.54 Å². The maximum Gasteiger partial charge on any atom is 0.0795 e. The second-order valence-electron chi connectivity index (χ2n) is 7.16. The highest BCUT2D eigenvalue weighted by atomic mass is 15.2. The summed E-state index contributed by atoms with van der Waals surface area (Å²) in [5.41, 5.74) is 3.10. The molecule has 0 N–H and O–H groups in total. The van der Waals surface area contributed by atoms with Crippen LogP contribution in [0, 0.1) is 24.2 Å². The van der Waals surface area contributed by atoms with E-state index in [2.05, 4.69) is 55.9 Å². The highest BCUT2D eigenvalue weighted by molar-refractivity contribution is 5.61. The number of hydrogen-bond acceptors (Lipinski definition) is 1. The molecule has 1 fully saturated rings. The highest BCUT2D eigenvalue weighted by Gasteiger charge is 2.47. The lowest BCUT2D eigenvalue weighted by atomic mass is 9.60. The van der Waals surface area contributed by atoms with E-state index in [1.807, 2.05) is 0 Å². The van der Waals surface area contributed by atoms with Crippen LogP contribution in [0.3, 0.4) is 0 Å². The molecule has 1 nitrogen and oxygen atoms in total. The Kier molecular flexibility index (Phi) is 3.28. The fourth-order valence-corrected chi connectivity index (χ4v) is 4.49. The van der Waals surface area contributed by atoms with Crippen molar-refractivity contribution in [2.45, 2.75) is 51.5 Å². The zero-order valence-electron chi connectivity index (χ0n) is 12.9. The molecule has 1 saturated carbocycles. The molecule has 0 amide bonds. The van der Waals surface area contributed by atoms with Crippen LogP contribution in [0.15, 0.2) is 24.3 Å². The minimum atomic E-state index is 0.256. The summed E-state index contributed by atoms with van der Waals surface area (Å²) in [6, 6.07) is 9.47. The van der Waals surface area contributed by atoms with Gasteiger partial charge in [-0.1, -0.05) is 51.3 Å². The second kappa shape index (κ2) is 4.85. The summed E-state index contributed by atoms with van der Waals surface area (Å²) in [6.45, 7) is 7.97. The number of terminal acetylenes is 1. The smallest absolute Gasteiger partial charge is 0.0795 e. The summed E-state index contributed by atoms with van der Waals surface area (Å²) >= 11 is 0. The molecule has 1 heteroatoms. The van der Waals surface area contributed by atoms with Crippen molar-refractivity contribution in [2.75, 3.05) is 11.4 Å². The van der Waals surface area contributed by atoms with E-state index in [0.717, 1.165) is 18.4 Å². The molecule has 0 spiro atoms. The van der Waals surface area contributed by atoms with Gasteiger partial charge in [-0.2, -0.15) is 0 Å². The first-order chi connectivity index (χ1) is 9.55. The van der Waals surface area contributed by atoms with Gasteiger partial charge in [0.15, 0.2) is 0 Å². The molecule has 0 radical (unpaired) electrons. The zero-order valence-corrected chi connectivity index (χ0v) is 12.9. The van der Waals surface area contributed by atoms with Crippen molar-refractivity contribution < 1.29 is 0 Å². The molecule has 106 valence electrons. The van der Waals surface area contributed by atoms with Gasteiger partial charge in [-0.3, -0.25) is 0 Å². The van der Waals surface area contributed by atoms with Crippen molar-refractivity contribution in [2.24, 2.45) is 11.8 Å². The van der Waals surface area contributed by atoms with E-state index in [4.69, 9.17) is 6.42 Å². The Labute approximate surface area is 123 Å². The van der Waals surface area contributed by atoms with Crippen LogP contribution in [0.4, 0.5) is 5.69 Å². The monoisotopic (exact) mass is 267 g/mol. The molecule has 0 aromatic heterocycles. The molecule has 0 saturated heterocycles. The Balaban J connectivity index is 2.11. The fourth-order valence-electron chi connectivity index (χ4n) is 4.49. The highest BCUT2D eigenvalue weighted by Crippen LogP contribution is 2.51. The van der Waals surface area contributed by atoms with Crippen LogP contribution >= 0.6 is 0 Å². The standard InChI is InChI=1S/C19H25N/c1-5-12-20-17-9-7-6-8-15(17)19(3,4)16-11-10-14(2)13-18(16)20/h1,6-9,14,16,18H,10-13H2,2-4H3/t14-,16-,18+/m1/s1. The lowest BCUT2D eigenvalue weighted by molar-refractivity contribution is 0.154. The number of anilines is 1. The van der Waals surface area contributed by atoms with Crippen molar-refractivity contribution in [3.63, 3.8) is 0 Å². The van der Waals surface area contributed by atoms with Crippen LogP contribution in [0.2, 0.25) is 0 Å². The third kappa shape index (κ3) is 1.94. The van der Waals surface area contributed by atoms with Gasteiger partial charge in [-0.05, 0) is 41.7 Å². The predicted octanol–water partition coefficient (Wildman–Crippen LogP) is 4.22. The van der Waals surface area contributed by atoms with Gasteiger partial charge in [0.2, 0.25) is 0 Å². The Morgan fingerprint density at radius 1 is 1.30 bits per heavy atom. The molecule has 1 aromatic carbocycles. The Bertz CT molecular complexity index is 537. The minimum absolute atomic E-state index is 0.256. The molecule has 1 aromatic rings. The van der Waals surface area contributed by atoms with E-state index >= 15 is 0 Å². The third-order valence-electron chi connectivity index (χ3n) is 5.58. The topological polar surface area (TPSA) is 3.24 Å². The molecule has 3 rings (SSSR count). The van der Waals surface area contributed by atoms with E-state index in [-0.39, 0.29) is 5.41 Å².